The largest absolute Gasteiger partial charge is 0.493 e. The van der Waals surface area contributed by atoms with E-state index in [1.807, 2.05) is 77.8 Å². The minimum absolute atomic E-state index is 0.109. The Morgan fingerprint density at radius 2 is 1.68 bits per heavy atom. The van der Waals surface area contributed by atoms with Crippen molar-refractivity contribution in [1.29, 1.82) is 0 Å². The van der Waals surface area contributed by atoms with Gasteiger partial charge in [-0.25, -0.2) is 0 Å². The Hall–Kier alpha value is -3.08. The average Bonchev–Trinajstić information content (AvgIpc) is 3.28. The molecule has 144 valence electrons. The van der Waals surface area contributed by atoms with Gasteiger partial charge in [0.05, 0.1) is 6.61 Å². The first-order valence-corrected chi connectivity index (χ1v) is 9.82. The lowest BCUT2D eigenvalue weighted by Crippen LogP contribution is -2.43. The number of para-hydroxylation sites is 1. The van der Waals surface area contributed by atoms with E-state index >= 15 is 0 Å². The van der Waals surface area contributed by atoms with E-state index in [1.54, 1.807) is 10.9 Å². The van der Waals surface area contributed by atoms with E-state index in [4.69, 9.17) is 4.74 Å². The van der Waals surface area contributed by atoms with Gasteiger partial charge < -0.3 is 9.64 Å². The average molecular weight is 375 g/mol. The molecule has 1 atom stereocenters. The number of rotatable bonds is 6. The predicted molar refractivity (Wildman–Crippen MR) is 108 cm³/mol. The van der Waals surface area contributed by atoms with Crippen LogP contribution in [-0.2, 0) is 4.79 Å². The van der Waals surface area contributed by atoms with Crippen molar-refractivity contribution in [1.82, 2.24) is 14.7 Å². The summed E-state index contributed by atoms with van der Waals surface area (Å²) in [6.45, 7) is 2.21. The van der Waals surface area contributed by atoms with Crippen molar-refractivity contribution < 1.29 is 9.53 Å². The van der Waals surface area contributed by atoms with Crippen molar-refractivity contribution in [2.24, 2.45) is 5.92 Å². The minimum Gasteiger partial charge on any atom is -0.493 e. The van der Waals surface area contributed by atoms with E-state index in [1.165, 1.54) is 0 Å². The van der Waals surface area contributed by atoms with Crippen LogP contribution >= 0.6 is 0 Å². The van der Waals surface area contributed by atoms with Crippen LogP contribution in [0.2, 0.25) is 0 Å². The number of hydrogen-bond acceptors (Lipinski definition) is 3. The van der Waals surface area contributed by atoms with Gasteiger partial charge in [0.1, 0.15) is 5.75 Å². The first-order valence-electron chi connectivity index (χ1n) is 9.82. The zero-order valence-corrected chi connectivity index (χ0v) is 15.9. The SMILES string of the molecule is O=C(C(c1ccccc1)n1cccn1)N1CCC(COc2ccccc2)CC1. The van der Waals surface area contributed by atoms with Gasteiger partial charge in [-0.2, -0.15) is 5.10 Å². The zero-order chi connectivity index (χ0) is 19.2. The second-order valence-electron chi connectivity index (χ2n) is 7.19. The maximum atomic E-state index is 13.3. The first kappa shape index (κ1) is 18.3. The summed E-state index contributed by atoms with van der Waals surface area (Å²) in [6, 6.07) is 21.2. The number of hydrogen-bond donors (Lipinski definition) is 0. The molecule has 1 saturated heterocycles. The molecule has 2 aromatic carbocycles. The lowest BCUT2D eigenvalue weighted by atomic mass is 9.96. The van der Waals surface area contributed by atoms with E-state index in [0.717, 1.165) is 37.2 Å². The zero-order valence-electron chi connectivity index (χ0n) is 15.9. The molecule has 1 aliphatic rings. The van der Waals surface area contributed by atoms with Gasteiger partial charge in [0.15, 0.2) is 6.04 Å². The van der Waals surface area contributed by atoms with Gasteiger partial charge in [0, 0.05) is 25.5 Å². The predicted octanol–water partition coefficient (Wildman–Crippen LogP) is 3.79. The van der Waals surface area contributed by atoms with Crippen LogP contribution in [0.15, 0.2) is 79.1 Å². The summed E-state index contributed by atoms with van der Waals surface area (Å²) in [5.41, 5.74) is 0.964. The van der Waals surface area contributed by atoms with Crippen molar-refractivity contribution in [2.45, 2.75) is 18.9 Å². The number of amides is 1. The van der Waals surface area contributed by atoms with Gasteiger partial charge in [0.25, 0.3) is 5.91 Å². The van der Waals surface area contributed by atoms with Crippen LogP contribution in [0.1, 0.15) is 24.4 Å². The number of carbonyl (C=O) groups is 1. The summed E-state index contributed by atoms with van der Waals surface area (Å²) in [6.07, 6.45) is 5.49. The number of piperidine rings is 1. The second kappa shape index (κ2) is 8.74. The Morgan fingerprint density at radius 3 is 2.32 bits per heavy atom. The van der Waals surface area contributed by atoms with Crippen molar-refractivity contribution >= 4 is 5.91 Å². The van der Waals surface area contributed by atoms with Crippen LogP contribution in [0.3, 0.4) is 0 Å². The molecule has 1 unspecified atom stereocenters. The summed E-state index contributed by atoms with van der Waals surface area (Å²) in [5.74, 6) is 1.49. The number of carbonyl (C=O) groups excluding carboxylic acids is 1. The molecule has 1 aromatic heterocycles. The maximum absolute atomic E-state index is 13.3. The number of likely N-dealkylation sites (tertiary alicyclic amines) is 1. The Morgan fingerprint density at radius 1 is 1.00 bits per heavy atom. The molecule has 0 aliphatic carbocycles. The van der Waals surface area contributed by atoms with Crippen LogP contribution in [0, 0.1) is 5.92 Å². The molecule has 1 amide bonds. The van der Waals surface area contributed by atoms with Crippen molar-refractivity contribution in [3.8, 4) is 5.75 Å². The molecule has 5 nitrogen and oxygen atoms in total. The number of nitrogens with zero attached hydrogens (tertiary/aromatic N) is 3. The second-order valence-corrected chi connectivity index (χ2v) is 7.19. The Labute approximate surface area is 165 Å². The Kier molecular flexibility index (Phi) is 5.71. The lowest BCUT2D eigenvalue weighted by molar-refractivity contribution is -0.135. The normalized spacial score (nSPS) is 15.9. The fourth-order valence-electron chi connectivity index (χ4n) is 3.70. The van der Waals surface area contributed by atoms with Crippen LogP contribution in [0.5, 0.6) is 5.75 Å². The molecule has 28 heavy (non-hydrogen) atoms. The standard InChI is InChI=1S/C23H25N3O2/c27-23(22(26-15-7-14-24-26)20-8-3-1-4-9-20)25-16-12-19(13-17-25)18-28-21-10-5-2-6-11-21/h1-11,14-15,19,22H,12-13,16-18H2. The molecule has 3 aromatic rings. The molecule has 0 radical (unpaired) electrons. The minimum atomic E-state index is -0.409. The summed E-state index contributed by atoms with van der Waals surface area (Å²) >= 11 is 0. The monoisotopic (exact) mass is 375 g/mol. The highest BCUT2D eigenvalue weighted by molar-refractivity contribution is 5.83. The van der Waals surface area contributed by atoms with Gasteiger partial charge in [-0.05, 0) is 42.5 Å². The maximum Gasteiger partial charge on any atom is 0.252 e. The number of aromatic nitrogens is 2. The highest BCUT2D eigenvalue weighted by atomic mass is 16.5. The van der Waals surface area contributed by atoms with Gasteiger partial charge in [0.2, 0.25) is 0 Å². The smallest absolute Gasteiger partial charge is 0.252 e. The van der Waals surface area contributed by atoms with Gasteiger partial charge in [-0.3, -0.25) is 9.48 Å². The van der Waals surface area contributed by atoms with Gasteiger partial charge in [-0.15, -0.1) is 0 Å². The highest BCUT2D eigenvalue weighted by Gasteiger charge is 2.30. The Balaban J connectivity index is 1.38. The summed E-state index contributed by atoms with van der Waals surface area (Å²) in [7, 11) is 0. The molecule has 5 heteroatoms. The molecule has 4 rings (SSSR count). The molecule has 0 saturated carbocycles. The summed E-state index contributed by atoms with van der Waals surface area (Å²) < 4.78 is 7.65. The van der Waals surface area contributed by atoms with E-state index in [2.05, 4.69) is 5.10 Å². The topological polar surface area (TPSA) is 47.4 Å². The number of ether oxygens (including phenoxy) is 1. The highest BCUT2D eigenvalue weighted by Crippen LogP contribution is 2.25. The fourth-order valence-corrected chi connectivity index (χ4v) is 3.70. The van der Waals surface area contributed by atoms with Gasteiger partial charge >= 0.3 is 0 Å². The molecule has 1 fully saturated rings. The van der Waals surface area contributed by atoms with E-state index in [0.29, 0.717) is 12.5 Å². The fraction of sp³-hybridized carbons (Fsp3) is 0.304. The van der Waals surface area contributed by atoms with E-state index in [9.17, 15) is 4.79 Å². The number of benzene rings is 2. The van der Waals surface area contributed by atoms with Crippen LogP contribution in [0.4, 0.5) is 0 Å². The third-order valence-corrected chi connectivity index (χ3v) is 5.29. The molecule has 1 aliphatic heterocycles. The molecule has 0 spiro atoms. The third-order valence-electron chi connectivity index (χ3n) is 5.29. The Bertz CT molecular complexity index is 857. The van der Waals surface area contributed by atoms with Crippen LogP contribution in [0.25, 0.3) is 0 Å². The molecular weight excluding hydrogens is 350 g/mol. The lowest BCUT2D eigenvalue weighted by Gasteiger charge is -2.34. The molecule has 0 N–H and O–H groups in total. The van der Waals surface area contributed by atoms with Crippen molar-refractivity contribution in [2.75, 3.05) is 19.7 Å². The molecular formula is C23H25N3O2. The molecule has 0 bridgehead atoms. The van der Waals surface area contributed by atoms with Gasteiger partial charge in [-0.1, -0.05) is 48.5 Å². The molecule has 2 heterocycles. The van der Waals surface area contributed by atoms with E-state index in [-0.39, 0.29) is 5.91 Å². The summed E-state index contributed by atoms with van der Waals surface area (Å²) in [4.78, 5) is 15.3. The van der Waals surface area contributed by atoms with Crippen molar-refractivity contribution in [3.63, 3.8) is 0 Å². The third kappa shape index (κ3) is 4.25. The van der Waals surface area contributed by atoms with Crippen LogP contribution < -0.4 is 4.74 Å². The first-order chi connectivity index (χ1) is 13.8. The summed E-state index contributed by atoms with van der Waals surface area (Å²) in [5, 5.41) is 4.34. The van der Waals surface area contributed by atoms with Crippen molar-refractivity contribution in [3.05, 3.63) is 84.7 Å². The van der Waals surface area contributed by atoms with E-state index < -0.39 is 6.04 Å². The quantitative estimate of drug-likeness (QED) is 0.659. The van der Waals surface area contributed by atoms with Crippen LogP contribution in [-0.4, -0.2) is 40.3 Å².